The molecule has 19 heavy (non-hydrogen) atoms. The first-order valence-electron chi connectivity index (χ1n) is 6.70. The summed E-state index contributed by atoms with van der Waals surface area (Å²) >= 11 is 0. The zero-order chi connectivity index (χ0) is 13.7. The molecule has 0 aromatic heterocycles. The van der Waals surface area contributed by atoms with Gasteiger partial charge in [-0.1, -0.05) is 32.0 Å². The van der Waals surface area contributed by atoms with Crippen molar-refractivity contribution in [3.63, 3.8) is 0 Å². The molecule has 0 saturated carbocycles. The Kier molecular flexibility index (Phi) is 2.62. The van der Waals surface area contributed by atoms with Gasteiger partial charge < -0.3 is 4.90 Å². The molecule has 2 aliphatic heterocycles. The van der Waals surface area contributed by atoms with Gasteiger partial charge >= 0.3 is 0 Å². The molecule has 1 aromatic carbocycles. The second-order valence-corrected chi connectivity index (χ2v) is 5.69. The van der Waals surface area contributed by atoms with E-state index in [4.69, 9.17) is 0 Å². The smallest absolute Gasteiger partial charge is 0.250 e. The Morgan fingerprint density at radius 3 is 2.53 bits per heavy atom. The molecule has 100 valence electrons. The van der Waals surface area contributed by atoms with Crippen LogP contribution in [0.25, 0.3) is 0 Å². The van der Waals surface area contributed by atoms with Crippen molar-refractivity contribution in [1.29, 1.82) is 0 Å². The number of amides is 2. The van der Waals surface area contributed by atoms with Crippen LogP contribution in [0.1, 0.15) is 19.4 Å². The van der Waals surface area contributed by atoms with E-state index >= 15 is 0 Å². The third-order valence-corrected chi connectivity index (χ3v) is 4.15. The Morgan fingerprint density at radius 1 is 1.16 bits per heavy atom. The highest BCUT2D eigenvalue weighted by atomic mass is 16.2. The Bertz CT molecular complexity index is 553. The van der Waals surface area contributed by atoms with E-state index in [0.29, 0.717) is 6.42 Å². The summed E-state index contributed by atoms with van der Waals surface area (Å²) in [5.41, 5.74) is 2.00. The van der Waals surface area contributed by atoms with Crippen LogP contribution in [-0.4, -0.2) is 35.8 Å². The molecule has 1 fully saturated rings. The maximum Gasteiger partial charge on any atom is 0.250 e. The van der Waals surface area contributed by atoms with E-state index in [1.165, 1.54) is 0 Å². The van der Waals surface area contributed by atoms with Gasteiger partial charge in [0.1, 0.15) is 12.1 Å². The van der Waals surface area contributed by atoms with Crippen molar-refractivity contribution in [2.24, 2.45) is 5.92 Å². The van der Waals surface area contributed by atoms with E-state index in [-0.39, 0.29) is 29.8 Å². The van der Waals surface area contributed by atoms with E-state index in [2.05, 4.69) is 0 Å². The lowest BCUT2D eigenvalue weighted by Crippen LogP contribution is -2.64. The van der Waals surface area contributed by atoms with Crippen LogP contribution >= 0.6 is 0 Å². The topological polar surface area (TPSA) is 40.6 Å². The average molecular weight is 258 g/mol. The van der Waals surface area contributed by atoms with Crippen LogP contribution < -0.4 is 4.90 Å². The molecular formula is C15H18N2O2. The first kappa shape index (κ1) is 12.2. The molecule has 2 aliphatic rings. The van der Waals surface area contributed by atoms with Crippen molar-refractivity contribution >= 4 is 17.5 Å². The predicted molar refractivity (Wildman–Crippen MR) is 72.8 cm³/mol. The number of carbonyl (C=O) groups is 2. The minimum absolute atomic E-state index is 0.0482. The van der Waals surface area contributed by atoms with Crippen LogP contribution in [0.4, 0.5) is 5.69 Å². The average Bonchev–Trinajstić information content (AvgIpc) is 2.75. The maximum absolute atomic E-state index is 12.7. The van der Waals surface area contributed by atoms with Crippen molar-refractivity contribution in [2.45, 2.75) is 32.4 Å². The fourth-order valence-corrected chi connectivity index (χ4v) is 3.27. The van der Waals surface area contributed by atoms with Crippen LogP contribution in [0.5, 0.6) is 0 Å². The van der Waals surface area contributed by atoms with Crippen molar-refractivity contribution in [1.82, 2.24) is 4.90 Å². The standard InChI is InChI=1S/C15H18N2O2/c1-9(2)13-15(19)17-11-7-5-4-6-10(11)8-12(17)14(18)16(13)3/h4-7,9,12-13H,8H2,1-3H3/t12-,13-/m0/s1. The number of hydrogen-bond acceptors (Lipinski definition) is 2. The summed E-state index contributed by atoms with van der Waals surface area (Å²) in [6, 6.07) is 7.11. The van der Waals surface area contributed by atoms with Gasteiger partial charge in [-0.05, 0) is 17.5 Å². The van der Waals surface area contributed by atoms with Crippen molar-refractivity contribution in [3.05, 3.63) is 29.8 Å². The highest BCUT2D eigenvalue weighted by Gasteiger charge is 2.49. The number of hydrogen-bond donors (Lipinski definition) is 0. The lowest BCUT2D eigenvalue weighted by atomic mass is 9.96. The van der Waals surface area contributed by atoms with E-state index in [1.54, 1.807) is 16.8 Å². The quantitative estimate of drug-likeness (QED) is 0.765. The number of para-hydroxylation sites is 1. The number of nitrogens with zero attached hydrogens (tertiary/aromatic N) is 2. The second kappa shape index (κ2) is 4.08. The third-order valence-electron chi connectivity index (χ3n) is 4.15. The zero-order valence-electron chi connectivity index (χ0n) is 11.5. The van der Waals surface area contributed by atoms with Gasteiger partial charge in [-0.25, -0.2) is 0 Å². The fraction of sp³-hybridized carbons (Fsp3) is 0.467. The molecule has 2 atom stereocenters. The second-order valence-electron chi connectivity index (χ2n) is 5.69. The van der Waals surface area contributed by atoms with Crippen LogP contribution in [0, 0.1) is 5.92 Å². The van der Waals surface area contributed by atoms with Crippen molar-refractivity contribution in [3.8, 4) is 0 Å². The molecule has 0 N–H and O–H groups in total. The molecule has 0 unspecified atom stereocenters. The minimum atomic E-state index is -0.352. The van der Waals surface area contributed by atoms with Gasteiger partial charge in [0.15, 0.2) is 0 Å². The fourth-order valence-electron chi connectivity index (χ4n) is 3.27. The number of rotatable bonds is 1. The van der Waals surface area contributed by atoms with E-state index in [9.17, 15) is 9.59 Å². The lowest BCUT2D eigenvalue weighted by molar-refractivity contribution is -0.145. The Balaban J connectivity index is 2.07. The van der Waals surface area contributed by atoms with Gasteiger partial charge in [-0.2, -0.15) is 0 Å². The van der Waals surface area contributed by atoms with Crippen molar-refractivity contribution in [2.75, 3.05) is 11.9 Å². The van der Waals surface area contributed by atoms with Crippen LogP contribution in [-0.2, 0) is 16.0 Å². The molecule has 4 heteroatoms. The molecule has 0 radical (unpaired) electrons. The number of benzene rings is 1. The molecule has 0 bridgehead atoms. The van der Waals surface area contributed by atoms with Gasteiger partial charge in [0.05, 0.1) is 0 Å². The molecule has 0 aliphatic carbocycles. The SMILES string of the molecule is CC(C)[C@H]1C(=O)N2c3ccccc3C[C@H]2C(=O)N1C. The van der Waals surface area contributed by atoms with Gasteiger partial charge in [0.2, 0.25) is 5.91 Å². The van der Waals surface area contributed by atoms with Crippen LogP contribution in [0.3, 0.4) is 0 Å². The summed E-state index contributed by atoms with van der Waals surface area (Å²) in [5, 5.41) is 0. The highest BCUT2D eigenvalue weighted by Crippen LogP contribution is 2.37. The summed E-state index contributed by atoms with van der Waals surface area (Å²) in [7, 11) is 1.74. The monoisotopic (exact) mass is 258 g/mol. The molecule has 0 spiro atoms. The Hall–Kier alpha value is -1.84. The first-order valence-corrected chi connectivity index (χ1v) is 6.70. The zero-order valence-corrected chi connectivity index (χ0v) is 11.5. The summed E-state index contributed by atoms with van der Waals surface area (Å²) in [6.45, 7) is 3.96. The van der Waals surface area contributed by atoms with E-state index < -0.39 is 0 Å². The first-order chi connectivity index (χ1) is 9.02. The molecule has 2 heterocycles. The number of piperazine rings is 1. The summed E-state index contributed by atoms with van der Waals surface area (Å²) in [6.07, 6.45) is 0.635. The van der Waals surface area contributed by atoms with Gasteiger partial charge in [0.25, 0.3) is 5.91 Å². The molecule has 4 nitrogen and oxygen atoms in total. The normalized spacial score (nSPS) is 25.9. The van der Waals surface area contributed by atoms with Gasteiger partial charge in [-0.15, -0.1) is 0 Å². The Morgan fingerprint density at radius 2 is 1.84 bits per heavy atom. The number of carbonyl (C=O) groups excluding carboxylic acids is 2. The van der Waals surface area contributed by atoms with Gasteiger partial charge in [-0.3, -0.25) is 14.5 Å². The lowest BCUT2D eigenvalue weighted by Gasteiger charge is -2.42. The molecule has 1 saturated heterocycles. The number of likely N-dealkylation sites (N-methyl/N-ethyl adjacent to an activating group) is 1. The van der Waals surface area contributed by atoms with Crippen molar-refractivity contribution < 1.29 is 9.59 Å². The van der Waals surface area contributed by atoms with E-state index in [1.807, 2.05) is 38.1 Å². The highest BCUT2D eigenvalue weighted by molar-refractivity contribution is 6.10. The predicted octanol–water partition coefficient (Wildman–Crippen LogP) is 1.44. The molecular weight excluding hydrogens is 240 g/mol. The third kappa shape index (κ3) is 1.59. The molecule has 2 amide bonds. The van der Waals surface area contributed by atoms with Gasteiger partial charge in [0, 0.05) is 19.2 Å². The van der Waals surface area contributed by atoms with Crippen LogP contribution in [0.15, 0.2) is 24.3 Å². The number of fused-ring (bicyclic) bond motifs is 3. The summed E-state index contributed by atoms with van der Waals surface area (Å²) < 4.78 is 0. The van der Waals surface area contributed by atoms with E-state index in [0.717, 1.165) is 11.3 Å². The minimum Gasteiger partial charge on any atom is -0.332 e. The number of anilines is 1. The maximum atomic E-state index is 12.7. The summed E-state index contributed by atoms with van der Waals surface area (Å²) in [5.74, 6) is 0.219. The largest absolute Gasteiger partial charge is 0.332 e. The molecule has 1 aromatic rings. The molecule has 3 rings (SSSR count). The summed E-state index contributed by atoms with van der Waals surface area (Å²) in [4.78, 5) is 28.5. The van der Waals surface area contributed by atoms with Crippen LogP contribution in [0.2, 0.25) is 0 Å². The Labute approximate surface area is 113 Å².